The second-order valence-corrected chi connectivity index (χ2v) is 11.0. The van der Waals surface area contributed by atoms with Gasteiger partial charge in [0.25, 0.3) is 0 Å². The molecule has 5 fully saturated rings. The van der Waals surface area contributed by atoms with E-state index in [1.165, 1.54) is 11.2 Å². The van der Waals surface area contributed by atoms with Gasteiger partial charge in [-0.25, -0.2) is 17.5 Å². The third-order valence-electron chi connectivity index (χ3n) is 6.80. The lowest BCUT2D eigenvalue weighted by Crippen LogP contribution is -2.69. The number of hydrogen-bond acceptors (Lipinski definition) is 5. The Morgan fingerprint density at radius 2 is 1.85 bits per heavy atom. The van der Waals surface area contributed by atoms with Crippen LogP contribution in [0.15, 0.2) is 0 Å². The van der Waals surface area contributed by atoms with Gasteiger partial charge >= 0.3 is 0 Å². The van der Waals surface area contributed by atoms with Crippen molar-refractivity contribution in [1.82, 2.24) is 14.9 Å². The van der Waals surface area contributed by atoms with Crippen LogP contribution in [-0.2, 0) is 14.8 Å². The summed E-state index contributed by atoms with van der Waals surface area (Å²) in [6.07, 6.45) is 5.56. The molecule has 5 aliphatic rings. The van der Waals surface area contributed by atoms with Gasteiger partial charge in [0.05, 0.1) is 25.4 Å². The number of nitrogens with one attached hydrogen (secondary N) is 2. The average molecular weight is 399 g/mol. The first-order chi connectivity index (χ1) is 12.6. The van der Waals surface area contributed by atoms with Crippen LogP contribution in [0.5, 0.6) is 0 Å². The molecule has 2 N–H and O–H groups in total. The Bertz CT molecular complexity index is 766. The second-order valence-electron chi connectivity index (χ2n) is 9.27. The van der Waals surface area contributed by atoms with Gasteiger partial charge in [-0.15, -0.1) is 0 Å². The molecule has 2 unspecified atom stereocenters. The molecule has 4 saturated carbocycles. The fourth-order valence-electron chi connectivity index (χ4n) is 6.53. The summed E-state index contributed by atoms with van der Waals surface area (Å²) in [6, 6.07) is 1.32. The van der Waals surface area contributed by atoms with Crippen LogP contribution in [0.1, 0.15) is 44.9 Å². The van der Waals surface area contributed by atoms with Crippen molar-refractivity contribution in [2.45, 2.75) is 68.2 Å². The van der Waals surface area contributed by atoms with Crippen LogP contribution in [0.2, 0.25) is 0 Å². The molecule has 0 radical (unpaired) electrons. The van der Waals surface area contributed by atoms with Crippen LogP contribution in [0, 0.1) is 23.2 Å². The predicted molar refractivity (Wildman–Crippen MR) is 96.8 cm³/mol. The highest BCUT2D eigenvalue weighted by Gasteiger charge is 2.58. The molecule has 27 heavy (non-hydrogen) atoms. The summed E-state index contributed by atoms with van der Waals surface area (Å²) in [6.45, 7) is 0.0514. The van der Waals surface area contributed by atoms with Crippen LogP contribution in [0.4, 0.5) is 4.39 Å². The highest BCUT2D eigenvalue weighted by Crippen LogP contribution is 2.57. The highest BCUT2D eigenvalue weighted by atomic mass is 32.2. The number of rotatable bonds is 5. The molecule has 0 spiro atoms. The van der Waals surface area contributed by atoms with Crippen molar-refractivity contribution < 1.29 is 17.6 Å². The van der Waals surface area contributed by atoms with E-state index in [9.17, 15) is 17.6 Å². The molecule has 5 rings (SSSR count). The van der Waals surface area contributed by atoms with Crippen LogP contribution in [-0.4, -0.2) is 61.9 Å². The second kappa shape index (κ2) is 6.39. The van der Waals surface area contributed by atoms with E-state index in [0.717, 1.165) is 32.1 Å². The molecule has 0 aromatic heterocycles. The van der Waals surface area contributed by atoms with Gasteiger partial charge in [0, 0.05) is 17.5 Å². The number of sulfonamides is 1. The van der Waals surface area contributed by atoms with Crippen molar-refractivity contribution in [2.24, 2.45) is 11.8 Å². The Hall–Kier alpha value is -1.24. The molecular formula is C18H27FN4O3S. The molecule has 1 saturated heterocycles. The van der Waals surface area contributed by atoms with Crippen LogP contribution in [0.3, 0.4) is 0 Å². The molecule has 9 heteroatoms. The number of amides is 1. The molecule has 1 aliphatic heterocycles. The molecule has 4 aliphatic carbocycles. The van der Waals surface area contributed by atoms with Crippen molar-refractivity contribution in [1.29, 1.82) is 5.26 Å². The summed E-state index contributed by atoms with van der Waals surface area (Å²) < 4.78 is 40.3. The van der Waals surface area contributed by atoms with Gasteiger partial charge in [0.15, 0.2) is 0 Å². The molecule has 1 amide bonds. The first kappa shape index (κ1) is 19.1. The van der Waals surface area contributed by atoms with Gasteiger partial charge in [-0.1, -0.05) is 0 Å². The van der Waals surface area contributed by atoms with E-state index in [1.54, 1.807) is 0 Å². The molecule has 0 aromatic rings. The van der Waals surface area contributed by atoms with Crippen molar-refractivity contribution in [3.05, 3.63) is 0 Å². The van der Waals surface area contributed by atoms with E-state index >= 15 is 0 Å². The van der Waals surface area contributed by atoms with Crippen molar-refractivity contribution in [3.8, 4) is 6.07 Å². The lowest BCUT2D eigenvalue weighted by molar-refractivity contribution is -0.131. The summed E-state index contributed by atoms with van der Waals surface area (Å²) in [5.74, 6) is 0.663. The van der Waals surface area contributed by atoms with E-state index in [4.69, 9.17) is 5.26 Å². The largest absolute Gasteiger partial charge is 0.323 e. The molecule has 4 bridgehead atoms. The number of hydrogen-bond donors (Lipinski definition) is 2. The van der Waals surface area contributed by atoms with E-state index in [-0.39, 0.29) is 31.0 Å². The van der Waals surface area contributed by atoms with Gasteiger partial charge in [-0.2, -0.15) is 5.26 Å². The molecule has 1 heterocycles. The summed E-state index contributed by atoms with van der Waals surface area (Å²) in [5, 5.41) is 12.6. The minimum Gasteiger partial charge on any atom is -0.323 e. The molecule has 150 valence electrons. The third kappa shape index (κ3) is 3.71. The first-order valence-corrected chi connectivity index (χ1v) is 11.6. The normalized spacial score (nSPS) is 43.1. The SMILES string of the molecule is CS(=O)(=O)NC12CC3CC(CC(NCC(=O)N4C[C@@H](F)C[C@H]4C#N)(C3)C1)C2. The van der Waals surface area contributed by atoms with E-state index in [1.807, 2.05) is 6.07 Å². The van der Waals surface area contributed by atoms with Gasteiger partial charge in [-0.3, -0.25) is 4.79 Å². The average Bonchev–Trinajstić information content (AvgIpc) is 2.90. The summed E-state index contributed by atoms with van der Waals surface area (Å²) >= 11 is 0. The number of carbonyl (C=O) groups is 1. The van der Waals surface area contributed by atoms with Gasteiger partial charge in [0.1, 0.15) is 12.2 Å². The molecule has 4 atom stereocenters. The van der Waals surface area contributed by atoms with Crippen molar-refractivity contribution in [2.75, 3.05) is 19.3 Å². The first-order valence-electron chi connectivity index (χ1n) is 9.68. The fourth-order valence-corrected chi connectivity index (χ4v) is 7.55. The lowest BCUT2D eigenvalue weighted by Gasteiger charge is -2.62. The van der Waals surface area contributed by atoms with E-state index < -0.39 is 27.8 Å². The summed E-state index contributed by atoms with van der Waals surface area (Å²) in [5.41, 5.74) is -0.672. The Morgan fingerprint density at radius 3 is 2.44 bits per heavy atom. The summed E-state index contributed by atoms with van der Waals surface area (Å²) in [4.78, 5) is 13.9. The van der Waals surface area contributed by atoms with E-state index in [2.05, 4.69) is 10.0 Å². The van der Waals surface area contributed by atoms with Crippen molar-refractivity contribution in [3.63, 3.8) is 0 Å². The van der Waals surface area contributed by atoms with Crippen LogP contribution >= 0.6 is 0 Å². The zero-order valence-electron chi connectivity index (χ0n) is 15.6. The lowest BCUT2D eigenvalue weighted by atomic mass is 9.50. The Balaban J connectivity index is 1.46. The number of halogens is 1. The molecular weight excluding hydrogens is 371 g/mol. The Morgan fingerprint density at radius 1 is 1.22 bits per heavy atom. The number of nitriles is 1. The maximum absolute atomic E-state index is 13.6. The Labute approximate surface area is 159 Å². The minimum absolute atomic E-state index is 0.0173. The zero-order chi connectivity index (χ0) is 19.4. The maximum atomic E-state index is 13.6. The number of carbonyl (C=O) groups excluding carboxylic acids is 1. The maximum Gasteiger partial charge on any atom is 0.237 e. The zero-order valence-corrected chi connectivity index (χ0v) is 16.4. The Kier molecular flexibility index (Phi) is 4.52. The molecule has 0 aromatic carbocycles. The number of likely N-dealkylation sites (tertiary alicyclic amines) is 1. The van der Waals surface area contributed by atoms with Gasteiger partial charge in [0.2, 0.25) is 15.9 Å². The van der Waals surface area contributed by atoms with Crippen LogP contribution < -0.4 is 10.0 Å². The highest BCUT2D eigenvalue weighted by molar-refractivity contribution is 7.88. The fraction of sp³-hybridized carbons (Fsp3) is 0.889. The van der Waals surface area contributed by atoms with Crippen molar-refractivity contribution >= 4 is 15.9 Å². The third-order valence-corrected chi connectivity index (χ3v) is 7.60. The van der Waals surface area contributed by atoms with Gasteiger partial charge in [-0.05, 0) is 50.4 Å². The summed E-state index contributed by atoms with van der Waals surface area (Å²) in [7, 11) is -3.31. The smallest absolute Gasteiger partial charge is 0.237 e. The van der Waals surface area contributed by atoms with Gasteiger partial charge < -0.3 is 10.2 Å². The number of nitrogens with zero attached hydrogens (tertiary/aromatic N) is 2. The number of alkyl halides is 1. The standard InChI is InChI=1S/C18H27FN4O3S/c1-27(25,26)22-18-6-12-2-13(7-18)5-17(4-12,11-18)21-9-16(24)23-10-14(19)3-15(23)8-20/h12-15,21-22H,2-7,9-11H2,1H3/t12?,13?,14-,15-,17?,18?/m0/s1. The monoisotopic (exact) mass is 398 g/mol. The predicted octanol–water partition coefficient (Wildman–Crippen LogP) is 0.679. The van der Waals surface area contributed by atoms with E-state index in [0.29, 0.717) is 18.3 Å². The topological polar surface area (TPSA) is 102 Å². The molecule has 7 nitrogen and oxygen atoms in total. The quantitative estimate of drug-likeness (QED) is 0.709. The minimum atomic E-state index is -3.31. The van der Waals surface area contributed by atoms with Crippen LogP contribution in [0.25, 0.3) is 0 Å².